The van der Waals surface area contributed by atoms with E-state index < -0.39 is 0 Å². The van der Waals surface area contributed by atoms with E-state index in [2.05, 4.69) is 25.8 Å². The SMILES string of the molecule is CC(C)N(C)C1CCCC1O. The molecule has 1 N–H and O–H groups in total. The summed E-state index contributed by atoms with van der Waals surface area (Å²) < 4.78 is 0. The second-order valence-electron chi connectivity index (χ2n) is 3.82. The Morgan fingerprint density at radius 2 is 2.00 bits per heavy atom. The van der Waals surface area contributed by atoms with Crippen LogP contribution in [0.25, 0.3) is 0 Å². The third kappa shape index (κ3) is 1.94. The molecule has 2 unspecified atom stereocenters. The highest BCUT2D eigenvalue weighted by atomic mass is 16.3. The van der Waals surface area contributed by atoms with Crippen molar-refractivity contribution in [3.63, 3.8) is 0 Å². The van der Waals surface area contributed by atoms with Gasteiger partial charge in [-0.2, -0.15) is 0 Å². The zero-order valence-electron chi connectivity index (χ0n) is 7.75. The molecule has 66 valence electrons. The van der Waals surface area contributed by atoms with Crippen LogP contribution in [0.1, 0.15) is 33.1 Å². The van der Waals surface area contributed by atoms with Gasteiger partial charge in [-0.3, -0.25) is 4.90 Å². The molecule has 0 aromatic carbocycles. The van der Waals surface area contributed by atoms with Crippen LogP contribution in [0.3, 0.4) is 0 Å². The van der Waals surface area contributed by atoms with Crippen LogP contribution in [0.5, 0.6) is 0 Å². The lowest BCUT2D eigenvalue weighted by atomic mass is 10.1. The van der Waals surface area contributed by atoms with Gasteiger partial charge < -0.3 is 5.11 Å². The molecule has 0 spiro atoms. The molecule has 1 aliphatic rings. The Balaban J connectivity index is 2.45. The van der Waals surface area contributed by atoms with Crippen LogP contribution in [-0.2, 0) is 0 Å². The second kappa shape index (κ2) is 3.55. The molecule has 0 bridgehead atoms. The first-order chi connectivity index (χ1) is 5.13. The molecule has 2 heteroatoms. The van der Waals surface area contributed by atoms with Crippen molar-refractivity contribution in [1.82, 2.24) is 4.90 Å². The van der Waals surface area contributed by atoms with E-state index in [1.165, 1.54) is 6.42 Å². The Morgan fingerprint density at radius 1 is 1.36 bits per heavy atom. The van der Waals surface area contributed by atoms with E-state index in [4.69, 9.17) is 0 Å². The largest absolute Gasteiger partial charge is 0.391 e. The van der Waals surface area contributed by atoms with Gasteiger partial charge in [-0.15, -0.1) is 0 Å². The van der Waals surface area contributed by atoms with Gasteiger partial charge in [0.2, 0.25) is 0 Å². The molecule has 1 saturated carbocycles. The molecule has 1 rings (SSSR count). The predicted octanol–water partition coefficient (Wildman–Crippen LogP) is 1.24. The Kier molecular flexibility index (Phi) is 2.90. The number of likely N-dealkylation sites (N-methyl/N-ethyl adjacent to an activating group) is 1. The summed E-state index contributed by atoms with van der Waals surface area (Å²) in [6, 6.07) is 0.961. The van der Waals surface area contributed by atoms with E-state index in [0.29, 0.717) is 12.1 Å². The summed E-state index contributed by atoms with van der Waals surface area (Å²) in [5.41, 5.74) is 0. The zero-order valence-corrected chi connectivity index (χ0v) is 7.75. The average molecular weight is 157 g/mol. The van der Waals surface area contributed by atoms with E-state index in [0.717, 1.165) is 12.8 Å². The predicted molar refractivity (Wildman–Crippen MR) is 46.5 cm³/mol. The van der Waals surface area contributed by atoms with Gasteiger partial charge in [0, 0.05) is 12.1 Å². The Labute approximate surface area is 69.2 Å². The van der Waals surface area contributed by atoms with Crippen molar-refractivity contribution in [1.29, 1.82) is 0 Å². The summed E-state index contributed by atoms with van der Waals surface area (Å²) in [4.78, 5) is 2.28. The zero-order chi connectivity index (χ0) is 8.43. The Bertz CT molecular complexity index is 125. The molecule has 1 aliphatic carbocycles. The van der Waals surface area contributed by atoms with Crippen LogP contribution in [0.2, 0.25) is 0 Å². The monoisotopic (exact) mass is 157 g/mol. The number of hydrogen-bond acceptors (Lipinski definition) is 2. The van der Waals surface area contributed by atoms with Gasteiger partial charge in [0.25, 0.3) is 0 Å². The summed E-state index contributed by atoms with van der Waals surface area (Å²) in [5, 5.41) is 9.57. The van der Waals surface area contributed by atoms with Crippen LogP contribution >= 0.6 is 0 Å². The van der Waals surface area contributed by atoms with Crippen molar-refractivity contribution in [3.05, 3.63) is 0 Å². The van der Waals surface area contributed by atoms with Crippen molar-refractivity contribution in [3.8, 4) is 0 Å². The third-order valence-electron chi connectivity index (χ3n) is 2.78. The van der Waals surface area contributed by atoms with Crippen molar-refractivity contribution in [2.75, 3.05) is 7.05 Å². The van der Waals surface area contributed by atoms with Gasteiger partial charge in [-0.05, 0) is 40.2 Å². The van der Waals surface area contributed by atoms with E-state index in [1.54, 1.807) is 0 Å². The number of hydrogen-bond donors (Lipinski definition) is 1. The molecule has 0 aliphatic heterocycles. The minimum Gasteiger partial charge on any atom is -0.391 e. The van der Waals surface area contributed by atoms with E-state index in [-0.39, 0.29) is 6.10 Å². The molecule has 0 aromatic rings. The lowest BCUT2D eigenvalue weighted by Crippen LogP contribution is -2.41. The van der Waals surface area contributed by atoms with Crippen LogP contribution in [-0.4, -0.2) is 35.2 Å². The summed E-state index contributed by atoms with van der Waals surface area (Å²) in [6.07, 6.45) is 3.25. The third-order valence-corrected chi connectivity index (χ3v) is 2.78. The molecule has 11 heavy (non-hydrogen) atoms. The molecule has 0 aromatic heterocycles. The van der Waals surface area contributed by atoms with Crippen LogP contribution < -0.4 is 0 Å². The quantitative estimate of drug-likeness (QED) is 0.652. The maximum absolute atomic E-state index is 9.57. The highest BCUT2D eigenvalue weighted by Gasteiger charge is 2.29. The van der Waals surface area contributed by atoms with Crippen LogP contribution in [0.4, 0.5) is 0 Å². The molecular formula is C9H19NO. The van der Waals surface area contributed by atoms with E-state index in [1.807, 2.05) is 0 Å². The standard InChI is InChI=1S/C9H19NO/c1-7(2)10(3)8-5-4-6-9(8)11/h7-9,11H,4-6H2,1-3H3. The molecule has 0 radical (unpaired) electrons. The number of nitrogens with zero attached hydrogens (tertiary/aromatic N) is 1. The summed E-state index contributed by atoms with van der Waals surface area (Å²) in [5.74, 6) is 0. The number of aliphatic hydroxyl groups excluding tert-OH is 1. The van der Waals surface area contributed by atoms with Gasteiger partial charge in [-0.1, -0.05) is 0 Å². The van der Waals surface area contributed by atoms with Crippen molar-refractivity contribution >= 4 is 0 Å². The Morgan fingerprint density at radius 3 is 2.36 bits per heavy atom. The fourth-order valence-corrected chi connectivity index (χ4v) is 1.78. The fraction of sp³-hybridized carbons (Fsp3) is 1.00. The van der Waals surface area contributed by atoms with Gasteiger partial charge in [0.15, 0.2) is 0 Å². The molecule has 1 fully saturated rings. The first-order valence-electron chi connectivity index (χ1n) is 4.53. The summed E-state index contributed by atoms with van der Waals surface area (Å²) >= 11 is 0. The highest BCUT2D eigenvalue weighted by molar-refractivity contribution is 4.84. The van der Waals surface area contributed by atoms with Crippen molar-refractivity contribution in [2.24, 2.45) is 0 Å². The van der Waals surface area contributed by atoms with Gasteiger partial charge >= 0.3 is 0 Å². The first kappa shape index (κ1) is 9.01. The summed E-state index contributed by atoms with van der Waals surface area (Å²) in [7, 11) is 2.10. The molecule has 0 heterocycles. The normalized spacial score (nSPS) is 32.2. The van der Waals surface area contributed by atoms with Gasteiger partial charge in [0.1, 0.15) is 0 Å². The number of aliphatic hydroxyl groups is 1. The molecule has 2 nitrogen and oxygen atoms in total. The minimum absolute atomic E-state index is 0.0811. The molecule has 2 atom stereocenters. The second-order valence-corrected chi connectivity index (χ2v) is 3.82. The summed E-state index contributed by atoms with van der Waals surface area (Å²) in [6.45, 7) is 4.34. The first-order valence-corrected chi connectivity index (χ1v) is 4.53. The smallest absolute Gasteiger partial charge is 0.0695 e. The van der Waals surface area contributed by atoms with Crippen molar-refractivity contribution in [2.45, 2.75) is 51.3 Å². The Hall–Kier alpha value is -0.0800. The van der Waals surface area contributed by atoms with Crippen LogP contribution in [0.15, 0.2) is 0 Å². The van der Waals surface area contributed by atoms with Crippen molar-refractivity contribution < 1.29 is 5.11 Å². The van der Waals surface area contributed by atoms with E-state index in [9.17, 15) is 5.11 Å². The lowest BCUT2D eigenvalue weighted by Gasteiger charge is -2.30. The molecule has 0 amide bonds. The number of rotatable bonds is 2. The average Bonchev–Trinajstić information content (AvgIpc) is 2.33. The topological polar surface area (TPSA) is 23.5 Å². The fourth-order valence-electron chi connectivity index (χ4n) is 1.78. The minimum atomic E-state index is -0.0811. The molecular weight excluding hydrogens is 138 g/mol. The van der Waals surface area contributed by atoms with Gasteiger partial charge in [0.05, 0.1) is 6.10 Å². The lowest BCUT2D eigenvalue weighted by molar-refractivity contribution is 0.0700. The van der Waals surface area contributed by atoms with E-state index >= 15 is 0 Å². The highest BCUT2D eigenvalue weighted by Crippen LogP contribution is 2.24. The maximum Gasteiger partial charge on any atom is 0.0695 e. The maximum atomic E-state index is 9.57. The van der Waals surface area contributed by atoms with Gasteiger partial charge in [-0.25, -0.2) is 0 Å². The van der Waals surface area contributed by atoms with Crippen LogP contribution in [0, 0.1) is 0 Å². The molecule has 0 saturated heterocycles.